The number of hydrogen-bond acceptors (Lipinski definition) is 7. The first kappa shape index (κ1) is 22.7. The highest BCUT2D eigenvalue weighted by molar-refractivity contribution is 5.96. The molecule has 0 unspecified atom stereocenters. The van der Waals surface area contributed by atoms with Crippen molar-refractivity contribution in [3.05, 3.63) is 29.8 Å². The van der Waals surface area contributed by atoms with Crippen molar-refractivity contribution < 1.29 is 28.6 Å². The van der Waals surface area contributed by atoms with Crippen LogP contribution in [0.3, 0.4) is 0 Å². The van der Waals surface area contributed by atoms with Gasteiger partial charge >= 0.3 is 12.0 Å². The molecule has 0 saturated heterocycles. The van der Waals surface area contributed by atoms with Crippen LogP contribution < -0.4 is 20.1 Å². The summed E-state index contributed by atoms with van der Waals surface area (Å²) in [4.78, 5) is 35.4. The minimum absolute atomic E-state index is 0.0747. The van der Waals surface area contributed by atoms with Gasteiger partial charge in [0.05, 0.1) is 7.11 Å². The Labute approximate surface area is 175 Å². The molecular weight excluding hydrogens is 390 g/mol. The number of nitrogens with zero attached hydrogens (tertiary/aromatic N) is 1. The number of hydrogen-bond donors (Lipinski definition) is 2. The number of imide groups is 1. The number of rotatable bonds is 8. The van der Waals surface area contributed by atoms with Crippen molar-refractivity contribution in [2.45, 2.75) is 38.1 Å². The summed E-state index contributed by atoms with van der Waals surface area (Å²) in [7, 11) is 1.46. The highest BCUT2D eigenvalue weighted by Gasteiger charge is 2.17. The highest BCUT2D eigenvalue weighted by atomic mass is 16.5. The van der Waals surface area contributed by atoms with Crippen LogP contribution in [0.2, 0.25) is 0 Å². The topological polar surface area (TPSA) is 127 Å². The lowest BCUT2D eigenvalue weighted by Gasteiger charge is -2.22. The Bertz CT molecular complexity index is 825. The lowest BCUT2D eigenvalue weighted by atomic mass is 9.96. The average Bonchev–Trinajstić information content (AvgIpc) is 2.75. The number of carbonyl (C=O) groups is 3. The number of nitrogens with one attached hydrogen (secondary N) is 2. The predicted molar refractivity (Wildman–Crippen MR) is 108 cm³/mol. The van der Waals surface area contributed by atoms with Gasteiger partial charge in [-0.2, -0.15) is 5.26 Å². The first-order valence-corrected chi connectivity index (χ1v) is 9.64. The fraction of sp³-hybridized carbons (Fsp3) is 0.429. The molecule has 1 aliphatic rings. The van der Waals surface area contributed by atoms with Gasteiger partial charge in [-0.05, 0) is 36.6 Å². The normalized spacial score (nSPS) is 13.9. The minimum Gasteiger partial charge on any atom is -0.493 e. The molecule has 1 saturated carbocycles. The average molecular weight is 415 g/mol. The zero-order chi connectivity index (χ0) is 21.8. The van der Waals surface area contributed by atoms with Crippen molar-refractivity contribution in [3.8, 4) is 17.6 Å². The van der Waals surface area contributed by atoms with Gasteiger partial charge in [0, 0.05) is 12.1 Å². The van der Waals surface area contributed by atoms with Crippen LogP contribution >= 0.6 is 0 Å². The third-order valence-electron chi connectivity index (χ3n) is 4.43. The smallest absolute Gasteiger partial charge is 0.331 e. The summed E-state index contributed by atoms with van der Waals surface area (Å²) in [5, 5.41) is 13.5. The van der Waals surface area contributed by atoms with E-state index in [0.717, 1.165) is 38.2 Å². The molecular formula is C21H25N3O6. The van der Waals surface area contributed by atoms with Crippen LogP contribution in [-0.4, -0.2) is 44.3 Å². The van der Waals surface area contributed by atoms with E-state index in [9.17, 15) is 14.4 Å². The maximum Gasteiger partial charge on any atom is 0.331 e. The number of carbonyl (C=O) groups excluding carboxylic acids is 3. The Morgan fingerprint density at radius 3 is 2.67 bits per heavy atom. The summed E-state index contributed by atoms with van der Waals surface area (Å²) in [5.74, 6) is -0.626. The van der Waals surface area contributed by atoms with Gasteiger partial charge in [-0.1, -0.05) is 25.3 Å². The molecule has 0 aromatic heterocycles. The van der Waals surface area contributed by atoms with Gasteiger partial charge in [0.15, 0.2) is 24.7 Å². The van der Waals surface area contributed by atoms with E-state index in [2.05, 4.69) is 10.6 Å². The summed E-state index contributed by atoms with van der Waals surface area (Å²) in [6.07, 6.45) is 7.71. The van der Waals surface area contributed by atoms with Crippen molar-refractivity contribution in [2.75, 3.05) is 20.3 Å². The highest BCUT2D eigenvalue weighted by Crippen LogP contribution is 2.28. The van der Waals surface area contributed by atoms with E-state index in [-0.39, 0.29) is 12.6 Å². The molecule has 30 heavy (non-hydrogen) atoms. The van der Waals surface area contributed by atoms with Crippen LogP contribution in [0.4, 0.5) is 4.79 Å². The van der Waals surface area contributed by atoms with Crippen LogP contribution in [0.5, 0.6) is 11.5 Å². The molecule has 1 aromatic rings. The summed E-state index contributed by atoms with van der Waals surface area (Å²) < 4.78 is 15.2. The fourth-order valence-electron chi connectivity index (χ4n) is 3.00. The first-order chi connectivity index (χ1) is 14.5. The van der Waals surface area contributed by atoms with Crippen LogP contribution in [0, 0.1) is 11.3 Å². The largest absolute Gasteiger partial charge is 0.493 e. The van der Waals surface area contributed by atoms with Gasteiger partial charge in [-0.25, -0.2) is 9.59 Å². The molecule has 1 fully saturated rings. The summed E-state index contributed by atoms with van der Waals surface area (Å²) in [6.45, 7) is -0.676. The third-order valence-corrected chi connectivity index (χ3v) is 4.43. The van der Waals surface area contributed by atoms with Crippen molar-refractivity contribution in [1.29, 1.82) is 5.26 Å². The Balaban J connectivity index is 1.76. The molecule has 9 nitrogen and oxygen atoms in total. The van der Waals surface area contributed by atoms with Crippen LogP contribution in [0.15, 0.2) is 24.3 Å². The van der Waals surface area contributed by atoms with Crippen molar-refractivity contribution >= 4 is 24.0 Å². The molecule has 0 radical (unpaired) electrons. The Morgan fingerprint density at radius 2 is 1.97 bits per heavy atom. The van der Waals surface area contributed by atoms with Crippen LogP contribution in [-0.2, 0) is 14.3 Å². The predicted octanol–water partition coefficient (Wildman–Crippen LogP) is 2.31. The van der Waals surface area contributed by atoms with Crippen molar-refractivity contribution in [3.63, 3.8) is 0 Å². The number of ether oxygens (including phenoxy) is 3. The van der Waals surface area contributed by atoms with E-state index >= 15 is 0 Å². The Hall–Kier alpha value is -3.54. The molecule has 0 aliphatic heterocycles. The molecule has 160 valence electrons. The molecule has 1 aliphatic carbocycles. The zero-order valence-corrected chi connectivity index (χ0v) is 16.8. The number of urea groups is 1. The Kier molecular flexibility index (Phi) is 9.18. The second kappa shape index (κ2) is 12.1. The molecule has 0 heterocycles. The monoisotopic (exact) mass is 415 g/mol. The van der Waals surface area contributed by atoms with Gasteiger partial charge in [0.1, 0.15) is 6.07 Å². The quantitative estimate of drug-likeness (QED) is 0.493. The molecule has 0 bridgehead atoms. The molecule has 3 amide bonds. The van der Waals surface area contributed by atoms with E-state index in [1.54, 1.807) is 18.2 Å². The molecule has 0 spiro atoms. The maximum atomic E-state index is 11.8. The van der Waals surface area contributed by atoms with Gasteiger partial charge in [0.2, 0.25) is 0 Å². The molecule has 9 heteroatoms. The third kappa shape index (κ3) is 7.83. The molecule has 1 aromatic carbocycles. The number of amides is 3. The van der Waals surface area contributed by atoms with Crippen LogP contribution in [0.25, 0.3) is 6.08 Å². The summed E-state index contributed by atoms with van der Waals surface area (Å²) >= 11 is 0. The zero-order valence-electron chi connectivity index (χ0n) is 16.8. The van der Waals surface area contributed by atoms with Crippen LogP contribution in [0.1, 0.15) is 37.7 Å². The number of benzene rings is 1. The van der Waals surface area contributed by atoms with E-state index in [1.165, 1.54) is 13.2 Å². The number of methoxy groups -OCH3 is 1. The number of nitriles is 1. The van der Waals surface area contributed by atoms with E-state index in [4.69, 9.17) is 19.5 Å². The van der Waals surface area contributed by atoms with Crippen molar-refractivity contribution in [2.24, 2.45) is 0 Å². The standard InChI is InChI=1S/C21H25N3O6/c1-28-18-13-15(7-9-17(18)29-12-11-22)8-10-20(26)30-14-19(25)24-21(27)23-16-5-3-2-4-6-16/h7-10,13,16H,2-6,12,14H2,1H3,(H2,23,24,25,27)/b10-8+. The van der Waals surface area contributed by atoms with Gasteiger partial charge in [-0.15, -0.1) is 0 Å². The first-order valence-electron chi connectivity index (χ1n) is 9.64. The van der Waals surface area contributed by atoms with Gasteiger partial charge in [0.25, 0.3) is 5.91 Å². The number of esters is 1. The van der Waals surface area contributed by atoms with E-state index in [0.29, 0.717) is 17.1 Å². The van der Waals surface area contributed by atoms with Gasteiger partial charge < -0.3 is 19.5 Å². The summed E-state index contributed by atoms with van der Waals surface area (Å²) in [6, 6.07) is 6.26. The lowest BCUT2D eigenvalue weighted by Crippen LogP contribution is -2.46. The van der Waals surface area contributed by atoms with Gasteiger partial charge in [-0.3, -0.25) is 10.1 Å². The SMILES string of the molecule is COc1cc(/C=C/C(=O)OCC(=O)NC(=O)NC2CCCCC2)ccc1OCC#N. The minimum atomic E-state index is -0.735. The molecule has 2 rings (SSSR count). The van der Waals surface area contributed by atoms with E-state index in [1.807, 2.05) is 6.07 Å². The lowest BCUT2D eigenvalue weighted by molar-refractivity contribution is -0.143. The second-order valence-electron chi connectivity index (χ2n) is 6.65. The summed E-state index contributed by atoms with van der Waals surface area (Å²) in [5.41, 5.74) is 0.629. The fourth-order valence-corrected chi connectivity index (χ4v) is 3.00. The second-order valence-corrected chi connectivity index (χ2v) is 6.65. The Morgan fingerprint density at radius 1 is 1.20 bits per heavy atom. The van der Waals surface area contributed by atoms with E-state index < -0.39 is 24.5 Å². The van der Waals surface area contributed by atoms with Crippen molar-refractivity contribution in [1.82, 2.24) is 10.6 Å². The molecule has 0 atom stereocenters. The molecule has 2 N–H and O–H groups in total. The maximum absolute atomic E-state index is 11.8.